The molecule has 0 spiro atoms. The van der Waals surface area contributed by atoms with Crippen molar-refractivity contribution in [2.45, 2.75) is 31.7 Å². The lowest BCUT2D eigenvalue weighted by Gasteiger charge is -2.41. The van der Waals surface area contributed by atoms with Crippen LogP contribution in [0.1, 0.15) is 26.2 Å². The second kappa shape index (κ2) is 4.81. The van der Waals surface area contributed by atoms with Gasteiger partial charge >= 0.3 is 0 Å². The van der Waals surface area contributed by atoms with Gasteiger partial charge in [-0.05, 0) is 19.3 Å². The summed E-state index contributed by atoms with van der Waals surface area (Å²) in [5.74, 6) is 1.03. The molecule has 14 heavy (non-hydrogen) atoms. The van der Waals surface area contributed by atoms with E-state index in [0.29, 0.717) is 12.4 Å². The van der Waals surface area contributed by atoms with Crippen LogP contribution in [0.3, 0.4) is 0 Å². The minimum absolute atomic E-state index is 0.0326. The van der Waals surface area contributed by atoms with Crippen LogP contribution >= 0.6 is 11.6 Å². The molecule has 0 aromatic carbocycles. The van der Waals surface area contributed by atoms with E-state index >= 15 is 0 Å². The molecule has 0 aromatic rings. The van der Waals surface area contributed by atoms with Crippen LogP contribution in [0.5, 0.6) is 0 Å². The minimum atomic E-state index is -2.84. The second-order valence-corrected chi connectivity index (χ2v) is 6.67. The summed E-state index contributed by atoms with van der Waals surface area (Å²) in [6, 6.07) is 0. The topological polar surface area (TPSA) is 46.2 Å². The summed E-state index contributed by atoms with van der Waals surface area (Å²) >= 11 is 5.83. The smallest absolute Gasteiger partial charge is 0.151 e. The van der Waals surface area contributed by atoms with Crippen LogP contribution in [0.4, 0.5) is 0 Å². The van der Waals surface area contributed by atoms with Gasteiger partial charge in [-0.25, -0.2) is 8.42 Å². The molecule has 1 saturated carbocycles. The highest BCUT2D eigenvalue weighted by molar-refractivity contribution is 7.91. The predicted molar refractivity (Wildman–Crippen MR) is 59.6 cm³/mol. The van der Waals surface area contributed by atoms with Crippen molar-refractivity contribution in [2.75, 3.05) is 23.9 Å². The molecular formula is C9H18ClNO2S. The fraction of sp³-hybridized carbons (Fsp3) is 1.00. The third-order valence-electron chi connectivity index (χ3n) is 2.92. The number of nitrogens with one attached hydrogen (secondary N) is 1. The van der Waals surface area contributed by atoms with E-state index in [1.807, 2.05) is 0 Å². The lowest BCUT2D eigenvalue weighted by atomic mass is 9.78. The van der Waals surface area contributed by atoms with E-state index in [1.165, 1.54) is 6.42 Å². The number of rotatable bonds is 6. The van der Waals surface area contributed by atoms with Crippen molar-refractivity contribution in [2.24, 2.45) is 0 Å². The van der Waals surface area contributed by atoms with Gasteiger partial charge in [0.15, 0.2) is 9.84 Å². The molecule has 0 saturated heterocycles. The summed E-state index contributed by atoms with van der Waals surface area (Å²) in [6.07, 6.45) is 3.34. The van der Waals surface area contributed by atoms with Gasteiger partial charge in [0.1, 0.15) is 0 Å². The Kier molecular flexibility index (Phi) is 4.22. The van der Waals surface area contributed by atoms with E-state index in [-0.39, 0.29) is 17.0 Å². The molecule has 0 aromatic heterocycles. The van der Waals surface area contributed by atoms with Gasteiger partial charge in [-0.15, -0.1) is 11.6 Å². The van der Waals surface area contributed by atoms with E-state index in [9.17, 15) is 8.42 Å². The molecule has 0 amide bonds. The maximum Gasteiger partial charge on any atom is 0.151 e. The predicted octanol–water partition coefficient (Wildman–Crippen LogP) is 1.17. The van der Waals surface area contributed by atoms with Gasteiger partial charge in [0.25, 0.3) is 0 Å². The molecule has 1 aliphatic rings. The zero-order valence-electron chi connectivity index (χ0n) is 8.55. The van der Waals surface area contributed by atoms with Crippen molar-refractivity contribution in [3.8, 4) is 0 Å². The van der Waals surface area contributed by atoms with E-state index in [4.69, 9.17) is 11.6 Å². The lowest BCUT2D eigenvalue weighted by Crippen LogP contribution is -2.53. The summed E-state index contributed by atoms with van der Waals surface area (Å²) in [5.41, 5.74) is 0.0326. The highest BCUT2D eigenvalue weighted by atomic mass is 35.5. The Balaban J connectivity index is 2.27. The first-order chi connectivity index (χ1) is 6.54. The van der Waals surface area contributed by atoms with E-state index in [1.54, 1.807) is 6.92 Å². The Morgan fingerprint density at radius 1 is 1.43 bits per heavy atom. The monoisotopic (exact) mass is 239 g/mol. The first kappa shape index (κ1) is 12.3. The SMILES string of the molecule is CCS(=O)(=O)CCNC1(CCl)CCC1. The Bertz CT molecular complexity index is 267. The maximum atomic E-state index is 11.2. The first-order valence-corrected chi connectivity index (χ1v) is 7.41. The van der Waals surface area contributed by atoms with E-state index < -0.39 is 9.84 Å². The maximum absolute atomic E-state index is 11.2. The molecule has 1 rings (SSSR count). The van der Waals surface area contributed by atoms with E-state index in [0.717, 1.165) is 12.8 Å². The average molecular weight is 240 g/mol. The highest BCUT2D eigenvalue weighted by Gasteiger charge is 2.35. The number of sulfone groups is 1. The van der Waals surface area contributed by atoms with Crippen LogP contribution in [-0.4, -0.2) is 37.9 Å². The summed E-state index contributed by atoms with van der Waals surface area (Å²) in [4.78, 5) is 0. The van der Waals surface area contributed by atoms with Crippen molar-refractivity contribution >= 4 is 21.4 Å². The Morgan fingerprint density at radius 3 is 2.43 bits per heavy atom. The fourth-order valence-corrected chi connectivity index (χ4v) is 2.64. The van der Waals surface area contributed by atoms with Crippen LogP contribution < -0.4 is 5.32 Å². The van der Waals surface area contributed by atoms with Crippen LogP contribution in [0.2, 0.25) is 0 Å². The standard InChI is InChI=1S/C9H18ClNO2S/c1-2-14(12,13)7-6-11-9(8-10)4-3-5-9/h11H,2-8H2,1H3. The molecule has 1 fully saturated rings. The van der Waals surface area contributed by atoms with Gasteiger partial charge in [0.2, 0.25) is 0 Å². The number of alkyl halides is 1. The Morgan fingerprint density at radius 2 is 2.07 bits per heavy atom. The van der Waals surface area contributed by atoms with Crippen LogP contribution in [0.25, 0.3) is 0 Å². The lowest BCUT2D eigenvalue weighted by molar-refractivity contribution is 0.218. The molecule has 84 valence electrons. The molecule has 0 heterocycles. The quantitative estimate of drug-likeness (QED) is 0.708. The first-order valence-electron chi connectivity index (χ1n) is 5.05. The van der Waals surface area contributed by atoms with Crippen molar-refractivity contribution < 1.29 is 8.42 Å². The fourth-order valence-electron chi connectivity index (χ4n) is 1.58. The van der Waals surface area contributed by atoms with Gasteiger partial charge in [-0.3, -0.25) is 0 Å². The van der Waals surface area contributed by atoms with Gasteiger partial charge < -0.3 is 5.32 Å². The average Bonchev–Trinajstić information content (AvgIpc) is 2.10. The highest BCUT2D eigenvalue weighted by Crippen LogP contribution is 2.32. The van der Waals surface area contributed by atoms with Crippen molar-refractivity contribution in [3.05, 3.63) is 0 Å². The van der Waals surface area contributed by atoms with Gasteiger partial charge in [0.05, 0.1) is 5.75 Å². The molecule has 1 N–H and O–H groups in total. The third-order valence-corrected chi connectivity index (χ3v) is 5.14. The minimum Gasteiger partial charge on any atom is -0.309 e. The van der Waals surface area contributed by atoms with Crippen LogP contribution in [0.15, 0.2) is 0 Å². The zero-order chi connectivity index (χ0) is 10.7. The molecular weight excluding hydrogens is 222 g/mol. The number of halogens is 1. The molecule has 0 radical (unpaired) electrons. The normalized spacial score (nSPS) is 20.4. The molecule has 3 nitrogen and oxygen atoms in total. The largest absolute Gasteiger partial charge is 0.309 e. The van der Waals surface area contributed by atoms with Gasteiger partial charge in [0, 0.05) is 23.7 Å². The molecule has 0 unspecified atom stereocenters. The van der Waals surface area contributed by atoms with Gasteiger partial charge in [-0.2, -0.15) is 0 Å². The Hall–Kier alpha value is 0.200. The van der Waals surface area contributed by atoms with Crippen molar-refractivity contribution in [3.63, 3.8) is 0 Å². The van der Waals surface area contributed by atoms with Gasteiger partial charge in [-0.1, -0.05) is 6.92 Å². The Labute approximate surface area is 91.1 Å². The molecule has 0 aliphatic heterocycles. The summed E-state index contributed by atoms with van der Waals surface area (Å²) in [6.45, 7) is 2.21. The third kappa shape index (κ3) is 3.11. The van der Waals surface area contributed by atoms with Crippen LogP contribution in [-0.2, 0) is 9.84 Å². The van der Waals surface area contributed by atoms with E-state index in [2.05, 4.69) is 5.32 Å². The second-order valence-electron chi connectivity index (χ2n) is 3.93. The molecule has 5 heteroatoms. The summed E-state index contributed by atoms with van der Waals surface area (Å²) in [5, 5.41) is 3.26. The van der Waals surface area contributed by atoms with Crippen molar-refractivity contribution in [1.29, 1.82) is 0 Å². The summed E-state index contributed by atoms with van der Waals surface area (Å²) in [7, 11) is -2.84. The molecule has 0 atom stereocenters. The number of hydrogen-bond donors (Lipinski definition) is 1. The molecule has 0 bridgehead atoms. The van der Waals surface area contributed by atoms with Crippen LogP contribution in [0, 0.1) is 0 Å². The summed E-state index contributed by atoms with van der Waals surface area (Å²) < 4.78 is 22.4. The molecule has 1 aliphatic carbocycles. The van der Waals surface area contributed by atoms with Crippen molar-refractivity contribution in [1.82, 2.24) is 5.32 Å². The number of hydrogen-bond acceptors (Lipinski definition) is 3. The zero-order valence-corrected chi connectivity index (χ0v) is 10.1.